The van der Waals surface area contributed by atoms with E-state index in [0.29, 0.717) is 29.4 Å². The molecule has 0 radical (unpaired) electrons. The Bertz CT molecular complexity index is 873. The SMILES string of the molecule is CCOc1ccc(C(=O)N(CC(=O)N2CCCCC2)c2ccc(C)cc2)cc1OC. The van der Waals surface area contributed by atoms with Crippen LogP contribution in [0, 0.1) is 6.92 Å². The maximum absolute atomic E-state index is 13.4. The first-order valence-electron chi connectivity index (χ1n) is 10.5. The van der Waals surface area contributed by atoms with Crippen molar-refractivity contribution in [2.75, 3.05) is 38.3 Å². The smallest absolute Gasteiger partial charge is 0.258 e. The minimum absolute atomic E-state index is 0.0113. The van der Waals surface area contributed by atoms with Gasteiger partial charge in [0, 0.05) is 24.3 Å². The standard InChI is InChI=1S/C24H30N2O4/c1-4-30-21-13-10-19(16-22(21)29-3)24(28)26(20-11-8-18(2)9-12-20)17-23(27)25-14-6-5-7-15-25/h8-13,16H,4-7,14-15,17H2,1-3H3. The van der Waals surface area contributed by atoms with Crippen LogP contribution in [0.2, 0.25) is 0 Å². The number of amides is 2. The maximum atomic E-state index is 13.4. The van der Waals surface area contributed by atoms with Gasteiger partial charge in [-0.25, -0.2) is 0 Å². The number of carbonyl (C=O) groups is 2. The van der Waals surface area contributed by atoms with Crippen LogP contribution < -0.4 is 14.4 Å². The first kappa shape index (κ1) is 21.7. The summed E-state index contributed by atoms with van der Waals surface area (Å²) in [5, 5.41) is 0. The second-order valence-electron chi connectivity index (χ2n) is 7.47. The van der Waals surface area contributed by atoms with Gasteiger partial charge in [0.2, 0.25) is 5.91 Å². The minimum Gasteiger partial charge on any atom is -0.493 e. The van der Waals surface area contributed by atoms with Crippen molar-refractivity contribution >= 4 is 17.5 Å². The Morgan fingerprint density at radius 2 is 1.70 bits per heavy atom. The summed E-state index contributed by atoms with van der Waals surface area (Å²) in [5.74, 6) is 0.809. The Kier molecular flexibility index (Phi) is 7.33. The fourth-order valence-corrected chi connectivity index (χ4v) is 3.61. The summed E-state index contributed by atoms with van der Waals surface area (Å²) < 4.78 is 10.9. The first-order chi connectivity index (χ1) is 14.5. The second kappa shape index (κ2) is 10.1. The number of anilines is 1. The lowest BCUT2D eigenvalue weighted by Gasteiger charge is -2.30. The molecule has 2 aromatic carbocycles. The highest BCUT2D eigenvalue weighted by Gasteiger charge is 2.25. The van der Waals surface area contributed by atoms with E-state index in [9.17, 15) is 9.59 Å². The summed E-state index contributed by atoms with van der Waals surface area (Å²) in [6.07, 6.45) is 3.18. The van der Waals surface area contributed by atoms with Gasteiger partial charge in [-0.3, -0.25) is 14.5 Å². The van der Waals surface area contributed by atoms with Crippen LogP contribution in [-0.2, 0) is 4.79 Å². The first-order valence-corrected chi connectivity index (χ1v) is 10.5. The van der Waals surface area contributed by atoms with Gasteiger partial charge in [0.1, 0.15) is 6.54 Å². The van der Waals surface area contributed by atoms with Crippen molar-refractivity contribution in [3.05, 3.63) is 53.6 Å². The quantitative estimate of drug-likeness (QED) is 0.691. The number of likely N-dealkylation sites (tertiary alicyclic amines) is 1. The van der Waals surface area contributed by atoms with E-state index < -0.39 is 0 Å². The number of aryl methyl sites for hydroxylation is 1. The lowest BCUT2D eigenvalue weighted by molar-refractivity contribution is -0.130. The monoisotopic (exact) mass is 410 g/mol. The van der Waals surface area contributed by atoms with Crippen molar-refractivity contribution in [1.29, 1.82) is 0 Å². The summed E-state index contributed by atoms with van der Waals surface area (Å²) in [4.78, 5) is 29.8. The van der Waals surface area contributed by atoms with Crippen LogP contribution >= 0.6 is 0 Å². The third kappa shape index (κ3) is 5.12. The zero-order valence-corrected chi connectivity index (χ0v) is 18.0. The maximum Gasteiger partial charge on any atom is 0.258 e. The number of nitrogens with zero attached hydrogens (tertiary/aromatic N) is 2. The zero-order chi connectivity index (χ0) is 21.5. The van der Waals surface area contributed by atoms with Crippen molar-refractivity contribution in [2.24, 2.45) is 0 Å². The molecule has 0 saturated carbocycles. The molecule has 6 heteroatoms. The van der Waals surface area contributed by atoms with Gasteiger partial charge in [-0.1, -0.05) is 17.7 Å². The molecule has 1 fully saturated rings. The average molecular weight is 411 g/mol. The molecule has 0 N–H and O–H groups in total. The number of carbonyl (C=O) groups excluding carboxylic acids is 2. The summed E-state index contributed by atoms with van der Waals surface area (Å²) in [7, 11) is 1.55. The largest absolute Gasteiger partial charge is 0.493 e. The molecule has 2 aromatic rings. The van der Waals surface area contributed by atoms with Crippen LogP contribution in [0.25, 0.3) is 0 Å². The fraction of sp³-hybridized carbons (Fsp3) is 0.417. The normalized spacial score (nSPS) is 13.6. The second-order valence-corrected chi connectivity index (χ2v) is 7.47. The van der Waals surface area contributed by atoms with Crippen molar-refractivity contribution in [1.82, 2.24) is 4.90 Å². The van der Waals surface area contributed by atoms with E-state index in [1.165, 1.54) is 0 Å². The molecule has 0 unspecified atom stereocenters. The summed E-state index contributed by atoms with van der Waals surface area (Å²) >= 11 is 0. The predicted molar refractivity (Wildman–Crippen MR) is 117 cm³/mol. The van der Waals surface area contributed by atoms with Crippen LogP contribution in [0.1, 0.15) is 42.1 Å². The van der Waals surface area contributed by atoms with E-state index in [4.69, 9.17) is 9.47 Å². The summed E-state index contributed by atoms with van der Waals surface area (Å²) in [6, 6.07) is 12.8. The van der Waals surface area contributed by atoms with E-state index in [1.54, 1.807) is 30.2 Å². The number of rotatable bonds is 7. The van der Waals surface area contributed by atoms with Crippen LogP contribution in [0.15, 0.2) is 42.5 Å². The van der Waals surface area contributed by atoms with Gasteiger partial charge in [-0.2, -0.15) is 0 Å². The van der Waals surface area contributed by atoms with Gasteiger partial charge in [0.25, 0.3) is 5.91 Å². The molecule has 1 saturated heterocycles. The van der Waals surface area contributed by atoms with Crippen LogP contribution in [0.5, 0.6) is 11.5 Å². The molecule has 1 heterocycles. The van der Waals surface area contributed by atoms with E-state index in [2.05, 4.69) is 0 Å². The van der Waals surface area contributed by atoms with Crippen molar-refractivity contribution < 1.29 is 19.1 Å². The highest BCUT2D eigenvalue weighted by Crippen LogP contribution is 2.29. The average Bonchev–Trinajstić information content (AvgIpc) is 2.78. The Morgan fingerprint density at radius 1 is 1.00 bits per heavy atom. The van der Waals surface area contributed by atoms with Gasteiger partial charge < -0.3 is 14.4 Å². The molecule has 0 bridgehead atoms. The van der Waals surface area contributed by atoms with Crippen LogP contribution in [-0.4, -0.2) is 50.1 Å². The highest BCUT2D eigenvalue weighted by molar-refractivity contribution is 6.09. The van der Waals surface area contributed by atoms with Gasteiger partial charge in [-0.05, 0) is 63.4 Å². The molecular formula is C24H30N2O4. The summed E-state index contributed by atoms with van der Waals surface area (Å²) in [6.45, 7) is 5.91. The lowest BCUT2D eigenvalue weighted by Crippen LogP contribution is -2.45. The highest BCUT2D eigenvalue weighted by atomic mass is 16.5. The third-order valence-corrected chi connectivity index (χ3v) is 5.30. The fourth-order valence-electron chi connectivity index (χ4n) is 3.61. The molecule has 30 heavy (non-hydrogen) atoms. The van der Waals surface area contributed by atoms with E-state index >= 15 is 0 Å². The number of hydrogen-bond donors (Lipinski definition) is 0. The molecule has 1 aliphatic heterocycles. The van der Waals surface area contributed by atoms with Gasteiger partial charge >= 0.3 is 0 Å². The minimum atomic E-state index is -0.245. The molecule has 0 aromatic heterocycles. The topological polar surface area (TPSA) is 59.1 Å². The van der Waals surface area contributed by atoms with Crippen molar-refractivity contribution in [2.45, 2.75) is 33.1 Å². The molecule has 160 valence electrons. The summed E-state index contributed by atoms with van der Waals surface area (Å²) in [5.41, 5.74) is 2.24. The number of piperidine rings is 1. The molecule has 1 aliphatic rings. The molecule has 3 rings (SSSR count). The van der Waals surface area contributed by atoms with Gasteiger partial charge in [0.15, 0.2) is 11.5 Å². The van der Waals surface area contributed by atoms with E-state index in [1.807, 2.05) is 43.0 Å². The Morgan fingerprint density at radius 3 is 2.33 bits per heavy atom. The number of benzene rings is 2. The number of hydrogen-bond acceptors (Lipinski definition) is 4. The molecule has 0 aliphatic carbocycles. The number of methoxy groups -OCH3 is 1. The Hall–Kier alpha value is -3.02. The van der Waals surface area contributed by atoms with E-state index in [-0.39, 0.29) is 18.4 Å². The van der Waals surface area contributed by atoms with Gasteiger partial charge in [-0.15, -0.1) is 0 Å². The van der Waals surface area contributed by atoms with Gasteiger partial charge in [0.05, 0.1) is 13.7 Å². The lowest BCUT2D eigenvalue weighted by atomic mass is 10.1. The Labute approximate surface area is 178 Å². The van der Waals surface area contributed by atoms with Crippen molar-refractivity contribution in [3.8, 4) is 11.5 Å². The van der Waals surface area contributed by atoms with Crippen molar-refractivity contribution in [3.63, 3.8) is 0 Å². The number of ether oxygens (including phenoxy) is 2. The van der Waals surface area contributed by atoms with Crippen LogP contribution in [0.3, 0.4) is 0 Å². The van der Waals surface area contributed by atoms with E-state index in [0.717, 1.165) is 37.9 Å². The molecule has 2 amide bonds. The molecule has 0 atom stereocenters. The Balaban J connectivity index is 1.89. The zero-order valence-electron chi connectivity index (χ0n) is 18.0. The molecule has 6 nitrogen and oxygen atoms in total. The predicted octanol–water partition coefficient (Wildman–Crippen LogP) is 4.06. The molecular weight excluding hydrogens is 380 g/mol. The van der Waals surface area contributed by atoms with Crippen LogP contribution in [0.4, 0.5) is 5.69 Å². The molecule has 0 spiro atoms. The third-order valence-electron chi connectivity index (χ3n) is 5.30.